The van der Waals surface area contributed by atoms with Gasteiger partial charge in [0.15, 0.2) is 0 Å². The van der Waals surface area contributed by atoms with Crippen molar-refractivity contribution < 1.29 is 18.7 Å². The predicted octanol–water partition coefficient (Wildman–Crippen LogP) is 4.52. The molecule has 1 atom stereocenters. The second kappa shape index (κ2) is 9.46. The number of pyridine rings is 2. The third-order valence-electron chi connectivity index (χ3n) is 7.91. The van der Waals surface area contributed by atoms with E-state index in [2.05, 4.69) is 28.2 Å². The lowest BCUT2D eigenvalue weighted by molar-refractivity contribution is 0.0695. The highest BCUT2D eigenvalue weighted by molar-refractivity contribution is 5.88. The number of carboxylic acids is 1. The van der Waals surface area contributed by atoms with Crippen molar-refractivity contribution in [3.8, 4) is 5.69 Å². The standard InChI is InChI=1S/C29H27F2N5O3/c1-16(35-10-5-17(6-11-35)26-21(30)13-18(29(38)39)14-22(26)31)25-15-20-24(4-9-33-27(20)34(25)2)36-12-7-23-19(28(36)37)3-8-32-23/h4-5,7,9,12-16,32H,3,6,8,10-11H2,1-2H3,(H,38,39). The molecule has 0 fully saturated rings. The highest BCUT2D eigenvalue weighted by Crippen LogP contribution is 2.34. The van der Waals surface area contributed by atoms with Gasteiger partial charge < -0.3 is 15.0 Å². The van der Waals surface area contributed by atoms with Crippen LogP contribution in [0.3, 0.4) is 0 Å². The number of carboxylic acid groups (broad SMARTS) is 1. The van der Waals surface area contributed by atoms with Gasteiger partial charge >= 0.3 is 5.97 Å². The Hall–Kier alpha value is -4.31. The maximum absolute atomic E-state index is 14.6. The third-order valence-corrected chi connectivity index (χ3v) is 7.91. The molecule has 0 saturated carbocycles. The molecule has 200 valence electrons. The minimum Gasteiger partial charge on any atom is -0.478 e. The Morgan fingerprint density at radius 2 is 1.92 bits per heavy atom. The molecule has 3 aromatic heterocycles. The van der Waals surface area contributed by atoms with Crippen molar-refractivity contribution in [2.45, 2.75) is 25.8 Å². The van der Waals surface area contributed by atoms with Gasteiger partial charge in [-0.15, -0.1) is 0 Å². The Morgan fingerprint density at radius 1 is 1.15 bits per heavy atom. The number of anilines is 1. The Balaban J connectivity index is 1.31. The van der Waals surface area contributed by atoms with E-state index >= 15 is 0 Å². The summed E-state index contributed by atoms with van der Waals surface area (Å²) in [6.45, 7) is 3.86. The maximum atomic E-state index is 14.6. The van der Waals surface area contributed by atoms with Gasteiger partial charge in [-0.1, -0.05) is 6.08 Å². The highest BCUT2D eigenvalue weighted by Gasteiger charge is 2.26. The number of hydrogen-bond acceptors (Lipinski definition) is 5. The summed E-state index contributed by atoms with van der Waals surface area (Å²) in [5.74, 6) is -3.11. The lowest BCUT2D eigenvalue weighted by atomic mass is 9.96. The maximum Gasteiger partial charge on any atom is 0.335 e. The molecule has 2 aliphatic heterocycles. The summed E-state index contributed by atoms with van der Waals surface area (Å²) >= 11 is 0. The average Bonchev–Trinajstić information content (AvgIpc) is 3.54. The van der Waals surface area contributed by atoms with Crippen LogP contribution in [0.5, 0.6) is 0 Å². The molecule has 8 nitrogen and oxygen atoms in total. The van der Waals surface area contributed by atoms with Gasteiger partial charge in [0.1, 0.15) is 17.3 Å². The lowest BCUT2D eigenvalue weighted by Crippen LogP contribution is -2.32. The summed E-state index contributed by atoms with van der Waals surface area (Å²) in [5.41, 5.74) is 4.11. The number of rotatable bonds is 5. The molecule has 1 aromatic carbocycles. The molecule has 2 aliphatic rings. The van der Waals surface area contributed by atoms with E-state index in [1.165, 1.54) is 0 Å². The fraction of sp³-hybridized carbons (Fsp3) is 0.276. The van der Waals surface area contributed by atoms with Crippen LogP contribution in [-0.2, 0) is 13.5 Å². The van der Waals surface area contributed by atoms with Crippen LogP contribution in [0.25, 0.3) is 22.3 Å². The number of nitrogens with zero attached hydrogens (tertiary/aromatic N) is 4. The summed E-state index contributed by atoms with van der Waals surface area (Å²) in [5, 5.41) is 13.2. The lowest BCUT2D eigenvalue weighted by Gasteiger charge is -2.32. The SMILES string of the molecule is CC(c1cc2c(-n3ccc4c(c3=O)CCN4)ccnc2n1C)N1CC=C(c2c(F)cc(C(=O)O)cc2F)CC1. The van der Waals surface area contributed by atoms with Crippen molar-refractivity contribution in [2.24, 2.45) is 7.05 Å². The monoisotopic (exact) mass is 531 g/mol. The van der Waals surface area contributed by atoms with E-state index < -0.39 is 23.2 Å². The molecule has 6 rings (SSSR count). The van der Waals surface area contributed by atoms with Gasteiger partial charge in [0.25, 0.3) is 5.56 Å². The highest BCUT2D eigenvalue weighted by atomic mass is 19.1. The van der Waals surface area contributed by atoms with Crippen LogP contribution < -0.4 is 10.9 Å². The molecular formula is C29H27F2N5O3. The molecule has 0 bridgehead atoms. The van der Waals surface area contributed by atoms with Gasteiger partial charge in [0.2, 0.25) is 0 Å². The number of fused-ring (bicyclic) bond motifs is 2. The van der Waals surface area contributed by atoms with Crippen molar-refractivity contribution >= 4 is 28.3 Å². The summed E-state index contributed by atoms with van der Waals surface area (Å²) in [6, 6.07) is 7.52. The zero-order valence-corrected chi connectivity index (χ0v) is 21.5. The molecule has 0 amide bonds. The number of aromatic carboxylic acids is 1. The molecule has 0 spiro atoms. The molecule has 39 heavy (non-hydrogen) atoms. The van der Waals surface area contributed by atoms with Crippen LogP contribution in [-0.4, -0.2) is 49.7 Å². The fourth-order valence-corrected chi connectivity index (χ4v) is 5.79. The molecule has 0 aliphatic carbocycles. The van der Waals surface area contributed by atoms with Gasteiger partial charge in [0, 0.05) is 73.0 Å². The van der Waals surface area contributed by atoms with Crippen LogP contribution in [0.4, 0.5) is 14.5 Å². The average molecular weight is 532 g/mol. The second-order valence-corrected chi connectivity index (χ2v) is 10.0. The topological polar surface area (TPSA) is 92.4 Å². The van der Waals surface area contributed by atoms with E-state index in [4.69, 9.17) is 5.11 Å². The van der Waals surface area contributed by atoms with Crippen molar-refractivity contribution in [1.29, 1.82) is 0 Å². The van der Waals surface area contributed by atoms with Crippen LogP contribution >= 0.6 is 0 Å². The van der Waals surface area contributed by atoms with E-state index in [-0.39, 0.29) is 17.2 Å². The molecular weight excluding hydrogens is 504 g/mol. The smallest absolute Gasteiger partial charge is 0.335 e. The Morgan fingerprint density at radius 3 is 2.62 bits per heavy atom. The van der Waals surface area contributed by atoms with Gasteiger partial charge in [0.05, 0.1) is 11.3 Å². The summed E-state index contributed by atoms with van der Waals surface area (Å²) in [7, 11) is 1.94. The van der Waals surface area contributed by atoms with Crippen LogP contribution in [0.1, 0.15) is 46.6 Å². The van der Waals surface area contributed by atoms with Crippen molar-refractivity contribution in [2.75, 3.05) is 25.0 Å². The third kappa shape index (κ3) is 4.11. The minimum atomic E-state index is -1.37. The van der Waals surface area contributed by atoms with E-state index in [9.17, 15) is 18.4 Å². The molecule has 2 N–H and O–H groups in total. The zero-order chi connectivity index (χ0) is 27.4. The first-order valence-electron chi connectivity index (χ1n) is 12.8. The van der Waals surface area contributed by atoms with Crippen LogP contribution in [0.15, 0.2) is 53.6 Å². The van der Waals surface area contributed by atoms with E-state index in [0.717, 1.165) is 52.3 Å². The van der Waals surface area contributed by atoms with Crippen LogP contribution in [0, 0.1) is 11.6 Å². The summed E-state index contributed by atoms with van der Waals surface area (Å²) in [6.07, 6.45) is 6.41. The zero-order valence-electron chi connectivity index (χ0n) is 21.5. The predicted molar refractivity (Wildman–Crippen MR) is 144 cm³/mol. The van der Waals surface area contributed by atoms with Crippen molar-refractivity contribution in [3.05, 3.63) is 93.2 Å². The van der Waals surface area contributed by atoms with Crippen LogP contribution in [0.2, 0.25) is 0 Å². The molecule has 10 heteroatoms. The fourth-order valence-electron chi connectivity index (χ4n) is 5.79. The Bertz CT molecular complexity index is 1720. The first-order valence-corrected chi connectivity index (χ1v) is 12.8. The summed E-state index contributed by atoms with van der Waals surface area (Å²) in [4.78, 5) is 31.1. The van der Waals surface area contributed by atoms with Crippen molar-refractivity contribution in [1.82, 2.24) is 19.0 Å². The first kappa shape index (κ1) is 25.0. The number of nitrogens with one attached hydrogen (secondary N) is 1. The second-order valence-electron chi connectivity index (χ2n) is 10.0. The number of carbonyl (C=O) groups is 1. The summed E-state index contributed by atoms with van der Waals surface area (Å²) < 4.78 is 33.0. The largest absolute Gasteiger partial charge is 0.478 e. The Labute approximate surface area is 222 Å². The quantitative estimate of drug-likeness (QED) is 0.394. The number of halogens is 2. The number of aryl methyl sites for hydroxylation is 1. The Kier molecular flexibility index (Phi) is 6.06. The van der Waals surface area contributed by atoms with Gasteiger partial charge in [-0.05, 0) is 55.7 Å². The minimum absolute atomic E-state index is 0.0343. The molecule has 0 saturated heterocycles. The molecule has 0 radical (unpaired) electrons. The van der Waals surface area contributed by atoms with E-state index in [0.29, 0.717) is 31.5 Å². The van der Waals surface area contributed by atoms with E-state index in [1.807, 2.05) is 23.7 Å². The molecule has 4 aromatic rings. The van der Waals surface area contributed by atoms with Gasteiger partial charge in [-0.3, -0.25) is 14.3 Å². The number of hydrogen-bond donors (Lipinski definition) is 2. The normalized spacial score (nSPS) is 16.2. The molecule has 1 unspecified atom stereocenters. The first-order chi connectivity index (χ1) is 18.7. The number of aromatic nitrogens is 3. The van der Waals surface area contributed by atoms with Gasteiger partial charge in [-0.2, -0.15) is 0 Å². The van der Waals surface area contributed by atoms with Crippen molar-refractivity contribution in [3.63, 3.8) is 0 Å². The van der Waals surface area contributed by atoms with Gasteiger partial charge in [-0.25, -0.2) is 18.6 Å². The van der Waals surface area contributed by atoms with E-state index in [1.54, 1.807) is 23.0 Å². The number of benzene rings is 1. The molecule has 5 heterocycles.